The normalized spacial score (nSPS) is 14.4. The van der Waals surface area contributed by atoms with E-state index in [2.05, 4.69) is 25.3 Å². The van der Waals surface area contributed by atoms with Gasteiger partial charge in [-0.2, -0.15) is 4.98 Å². The number of nitrogens with one attached hydrogen (secondary N) is 1. The maximum absolute atomic E-state index is 12.9. The number of hydrogen-bond acceptors (Lipinski definition) is 8. The summed E-state index contributed by atoms with van der Waals surface area (Å²) in [6.45, 7) is 2.69. The third-order valence-electron chi connectivity index (χ3n) is 4.19. The summed E-state index contributed by atoms with van der Waals surface area (Å²) in [6.07, 6.45) is 4.38. The van der Waals surface area contributed by atoms with Gasteiger partial charge in [-0.05, 0) is 37.3 Å². The number of rotatable bonds is 6. The van der Waals surface area contributed by atoms with Crippen LogP contribution in [0.4, 0.5) is 21.0 Å². The quantitative estimate of drug-likeness (QED) is 0.677. The first kappa shape index (κ1) is 18.5. The Morgan fingerprint density at radius 2 is 1.93 bits per heavy atom. The van der Waals surface area contributed by atoms with Crippen LogP contribution in [0.1, 0.15) is 18.5 Å². The number of nitrogens with zero attached hydrogens (tertiary/aromatic N) is 5. The number of carbonyl (C=O) groups is 1. The number of cyclic esters (lactones) is 1. The van der Waals surface area contributed by atoms with Crippen molar-refractivity contribution in [2.75, 3.05) is 23.4 Å². The third-order valence-corrected chi connectivity index (χ3v) is 4.19. The van der Waals surface area contributed by atoms with Gasteiger partial charge in [-0.25, -0.2) is 24.1 Å². The molecule has 1 aliphatic heterocycles. The highest BCUT2D eigenvalue weighted by Gasteiger charge is 2.25. The number of amides is 1. The van der Waals surface area contributed by atoms with Crippen LogP contribution >= 0.6 is 0 Å². The Morgan fingerprint density at radius 3 is 2.62 bits per heavy atom. The summed E-state index contributed by atoms with van der Waals surface area (Å²) in [6, 6.07) is 7.19. The molecule has 0 saturated carbocycles. The summed E-state index contributed by atoms with van der Waals surface area (Å²) in [7, 11) is 0. The van der Waals surface area contributed by atoms with E-state index in [9.17, 15) is 9.18 Å². The van der Waals surface area contributed by atoms with Gasteiger partial charge in [0, 0.05) is 24.2 Å². The van der Waals surface area contributed by atoms with Crippen molar-refractivity contribution in [2.45, 2.75) is 13.0 Å². The molecule has 3 heterocycles. The number of carbonyl (C=O) groups excluding carboxylic acids is 1. The third kappa shape index (κ3) is 4.37. The number of hydrogen-bond donors (Lipinski definition) is 1. The number of ether oxygens (including phenoxy) is 2. The molecular weight excluding hydrogens is 379 g/mol. The highest BCUT2D eigenvalue weighted by atomic mass is 19.1. The van der Waals surface area contributed by atoms with Gasteiger partial charge in [0.05, 0.1) is 12.6 Å². The Bertz CT molecular complexity index is 1000. The number of benzene rings is 1. The first-order valence-corrected chi connectivity index (χ1v) is 8.88. The van der Waals surface area contributed by atoms with E-state index in [1.807, 2.05) is 6.92 Å². The van der Waals surface area contributed by atoms with E-state index in [1.165, 1.54) is 29.2 Å². The molecule has 2 aromatic heterocycles. The van der Waals surface area contributed by atoms with Gasteiger partial charge in [0.2, 0.25) is 5.95 Å². The molecule has 1 unspecified atom stereocenters. The van der Waals surface area contributed by atoms with Crippen molar-refractivity contribution >= 4 is 17.9 Å². The van der Waals surface area contributed by atoms with Crippen LogP contribution in [0, 0.1) is 5.82 Å². The number of aromatic nitrogens is 4. The molecule has 10 heteroatoms. The van der Waals surface area contributed by atoms with Crippen LogP contribution in [0.3, 0.4) is 0 Å². The molecule has 1 saturated heterocycles. The van der Waals surface area contributed by atoms with E-state index < -0.39 is 6.09 Å². The van der Waals surface area contributed by atoms with E-state index in [4.69, 9.17) is 9.47 Å². The van der Waals surface area contributed by atoms with Crippen molar-refractivity contribution in [3.63, 3.8) is 0 Å². The molecule has 148 valence electrons. The van der Waals surface area contributed by atoms with Crippen LogP contribution in [-0.2, 0) is 4.74 Å². The van der Waals surface area contributed by atoms with Gasteiger partial charge in [-0.1, -0.05) is 0 Å². The molecule has 3 aromatic rings. The van der Waals surface area contributed by atoms with Crippen LogP contribution in [0.5, 0.6) is 11.8 Å². The van der Waals surface area contributed by atoms with Crippen LogP contribution in [0.2, 0.25) is 0 Å². The van der Waals surface area contributed by atoms with Gasteiger partial charge < -0.3 is 14.8 Å². The summed E-state index contributed by atoms with van der Waals surface area (Å²) < 4.78 is 23.4. The molecule has 1 N–H and O–H groups in total. The predicted octanol–water partition coefficient (Wildman–Crippen LogP) is 3.33. The van der Waals surface area contributed by atoms with Gasteiger partial charge in [0.25, 0.3) is 0 Å². The van der Waals surface area contributed by atoms with Crippen molar-refractivity contribution in [1.29, 1.82) is 0 Å². The molecule has 0 aliphatic carbocycles. The fourth-order valence-corrected chi connectivity index (χ4v) is 2.66. The highest BCUT2D eigenvalue weighted by Crippen LogP contribution is 2.22. The van der Waals surface area contributed by atoms with E-state index in [0.717, 1.165) is 5.56 Å². The SMILES string of the molecule is CC(Nc1nccc(N2CCOC2=O)n1)c1cnc(Oc2ccc(F)cc2)nc1. The molecule has 0 bridgehead atoms. The van der Waals surface area contributed by atoms with E-state index in [1.54, 1.807) is 24.7 Å². The van der Waals surface area contributed by atoms with Crippen molar-refractivity contribution in [1.82, 2.24) is 19.9 Å². The van der Waals surface area contributed by atoms with Crippen molar-refractivity contribution in [3.05, 3.63) is 60.3 Å². The second-order valence-corrected chi connectivity index (χ2v) is 6.23. The predicted molar refractivity (Wildman–Crippen MR) is 101 cm³/mol. The lowest BCUT2D eigenvalue weighted by molar-refractivity contribution is 0.181. The minimum atomic E-state index is -0.423. The minimum absolute atomic E-state index is 0.151. The summed E-state index contributed by atoms with van der Waals surface area (Å²) in [5.74, 6) is 0.926. The lowest BCUT2D eigenvalue weighted by Crippen LogP contribution is -2.25. The topological polar surface area (TPSA) is 102 Å². The van der Waals surface area contributed by atoms with Crippen molar-refractivity contribution in [3.8, 4) is 11.8 Å². The standard InChI is InChI=1S/C19H17FN6O3/c1-12(24-17-21-7-6-16(25-17)26-8-9-28-19(26)27)13-10-22-18(23-11-13)29-15-4-2-14(20)3-5-15/h2-7,10-12H,8-9H2,1H3,(H,21,24,25). The number of halogens is 1. The zero-order chi connectivity index (χ0) is 20.2. The Hall–Kier alpha value is -3.82. The van der Waals surface area contributed by atoms with Crippen molar-refractivity contribution in [2.24, 2.45) is 0 Å². The van der Waals surface area contributed by atoms with Gasteiger partial charge in [0.1, 0.15) is 24.0 Å². The summed E-state index contributed by atoms with van der Waals surface area (Å²) in [5.41, 5.74) is 0.783. The Labute approximate surface area is 165 Å². The maximum Gasteiger partial charge on any atom is 0.415 e. The van der Waals surface area contributed by atoms with E-state index in [-0.39, 0.29) is 17.9 Å². The fourth-order valence-electron chi connectivity index (χ4n) is 2.66. The molecule has 4 rings (SSSR count). The summed E-state index contributed by atoms with van der Waals surface area (Å²) >= 11 is 0. The molecular formula is C19H17FN6O3. The maximum atomic E-state index is 12.9. The van der Waals surface area contributed by atoms with Crippen LogP contribution < -0.4 is 15.0 Å². The molecule has 1 fully saturated rings. The second-order valence-electron chi connectivity index (χ2n) is 6.23. The van der Waals surface area contributed by atoms with Crippen LogP contribution in [0.15, 0.2) is 48.9 Å². The average molecular weight is 396 g/mol. The summed E-state index contributed by atoms with van der Waals surface area (Å²) in [4.78, 5) is 30.0. The molecule has 1 aromatic carbocycles. The average Bonchev–Trinajstić information content (AvgIpc) is 3.16. The van der Waals surface area contributed by atoms with Crippen LogP contribution in [0.25, 0.3) is 0 Å². The Balaban J connectivity index is 1.41. The molecule has 0 spiro atoms. The zero-order valence-electron chi connectivity index (χ0n) is 15.4. The van der Waals surface area contributed by atoms with Gasteiger partial charge in [0.15, 0.2) is 0 Å². The first-order chi connectivity index (χ1) is 14.1. The number of anilines is 2. The molecule has 9 nitrogen and oxygen atoms in total. The molecule has 0 radical (unpaired) electrons. The largest absolute Gasteiger partial charge is 0.447 e. The van der Waals surface area contributed by atoms with E-state index >= 15 is 0 Å². The molecule has 1 amide bonds. The molecule has 1 aliphatic rings. The molecule has 29 heavy (non-hydrogen) atoms. The smallest absolute Gasteiger partial charge is 0.415 e. The van der Waals surface area contributed by atoms with Crippen molar-refractivity contribution < 1.29 is 18.7 Å². The van der Waals surface area contributed by atoms with Gasteiger partial charge >= 0.3 is 12.1 Å². The van der Waals surface area contributed by atoms with E-state index in [0.29, 0.717) is 30.7 Å². The monoisotopic (exact) mass is 396 g/mol. The second kappa shape index (κ2) is 8.05. The molecule has 1 atom stereocenters. The lowest BCUT2D eigenvalue weighted by atomic mass is 10.2. The highest BCUT2D eigenvalue weighted by molar-refractivity contribution is 5.88. The van der Waals surface area contributed by atoms with Gasteiger partial charge in [-0.15, -0.1) is 0 Å². The summed E-state index contributed by atoms with van der Waals surface area (Å²) in [5, 5.41) is 3.15. The van der Waals surface area contributed by atoms with Crippen LogP contribution in [-0.4, -0.2) is 39.2 Å². The van der Waals surface area contributed by atoms with Gasteiger partial charge in [-0.3, -0.25) is 4.90 Å². The fraction of sp³-hybridized carbons (Fsp3) is 0.211. The lowest BCUT2D eigenvalue weighted by Gasteiger charge is -2.16. The first-order valence-electron chi connectivity index (χ1n) is 8.88. The zero-order valence-corrected chi connectivity index (χ0v) is 15.4. The Kier molecular flexibility index (Phi) is 5.14. The Morgan fingerprint density at radius 1 is 1.17 bits per heavy atom. The minimum Gasteiger partial charge on any atom is -0.447 e.